The van der Waals surface area contributed by atoms with Gasteiger partial charge in [-0.2, -0.15) is 0 Å². The molecule has 1 unspecified atom stereocenters. The molecule has 12 N–H and O–H groups in total. The number of amides is 4. The van der Waals surface area contributed by atoms with Gasteiger partial charge in [-0.05, 0) is 77.0 Å². The number of nitrogens with one attached hydrogen (secondary N) is 5. The minimum Gasteiger partial charge on any atom is -0.481 e. The lowest BCUT2D eigenvalue weighted by Crippen LogP contribution is -2.42. The first kappa shape index (κ1) is 55.5. The lowest BCUT2D eigenvalue weighted by Gasteiger charge is -2.15. The van der Waals surface area contributed by atoms with Crippen LogP contribution in [0.25, 0.3) is 0 Å². The summed E-state index contributed by atoms with van der Waals surface area (Å²) < 4.78 is 2.42. The highest BCUT2D eigenvalue weighted by molar-refractivity contribution is 7.78. The van der Waals surface area contributed by atoms with Crippen LogP contribution in [0.15, 0.2) is 0 Å². The summed E-state index contributed by atoms with van der Waals surface area (Å²) in [5.41, 5.74) is 12.0. The Labute approximate surface area is 357 Å². The van der Waals surface area contributed by atoms with Gasteiger partial charge in [0.1, 0.15) is 12.1 Å². The van der Waals surface area contributed by atoms with Crippen LogP contribution >= 0.6 is 12.8 Å². The maximum Gasteiger partial charge on any atom is 0.326 e. The molecule has 0 bridgehead atoms. The summed E-state index contributed by atoms with van der Waals surface area (Å²) in [6.45, 7) is 1.14. The molecule has 0 saturated carbocycles. The first-order valence-electron chi connectivity index (χ1n) is 22.0. The van der Waals surface area contributed by atoms with Crippen LogP contribution in [0.4, 0.5) is 0 Å². The number of thiol groups is 1. The number of carbonyl (C=O) groups is 7. The fraction of sp³-hybridized carbons (Fsp3) is 0.829. The van der Waals surface area contributed by atoms with Crippen molar-refractivity contribution in [1.82, 2.24) is 26.0 Å². The molecular formula is C41H77N7O10S. The second-order valence-electron chi connectivity index (χ2n) is 15.5. The normalized spacial score (nSPS) is 13.1. The minimum absolute atomic E-state index is 0.0166. The molecule has 0 fully saturated rings. The van der Waals surface area contributed by atoms with Crippen LogP contribution in [0.2, 0.25) is 0 Å². The minimum atomic E-state index is -1.18. The maximum atomic E-state index is 12.4. The van der Waals surface area contributed by atoms with E-state index in [-0.39, 0.29) is 49.3 Å². The highest BCUT2D eigenvalue weighted by Gasteiger charge is 2.21. The highest BCUT2D eigenvalue weighted by atomic mass is 32.1. The van der Waals surface area contributed by atoms with Crippen molar-refractivity contribution in [2.45, 2.75) is 198 Å². The van der Waals surface area contributed by atoms with Gasteiger partial charge in [0.25, 0.3) is 0 Å². The van der Waals surface area contributed by atoms with Crippen LogP contribution in [-0.4, -0.2) is 101 Å². The quantitative estimate of drug-likeness (QED) is 0.0306. The molecule has 0 aromatic rings. The molecule has 18 heteroatoms. The molecule has 0 aromatic heterocycles. The van der Waals surface area contributed by atoms with E-state index in [1.54, 1.807) is 0 Å². The molecule has 59 heavy (non-hydrogen) atoms. The monoisotopic (exact) mass is 860 g/mol. The van der Waals surface area contributed by atoms with Crippen molar-refractivity contribution >= 4 is 54.4 Å². The number of carboxylic acid groups (broad SMARTS) is 3. The Kier molecular flexibility index (Phi) is 35.3. The van der Waals surface area contributed by atoms with Gasteiger partial charge in [0.2, 0.25) is 23.6 Å². The van der Waals surface area contributed by atoms with Crippen LogP contribution < -0.4 is 37.5 Å². The zero-order valence-electron chi connectivity index (χ0n) is 35.3. The Balaban J connectivity index is 3.87. The number of nitrogens with two attached hydrogens (primary N) is 2. The third-order valence-electron chi connectivity index (χ3n) is 10.2. The molecular weight excluding hydrogens is 783 g/mol. The summed E-state index contributed by atoms with van der Waals surface area (Å²) in [6, 6.07) is -3.27. The fourth-order valence-corrected chi connectivity index (χ4v) is 6.68. The molecule has 0 aliphatic heterocycles. The van der Waals surface area contributed by atoms with Crippen LogP contribution in [0.5, 0.6) is 0 Å². The molecule has 342 valence electrons. The van der Waals surface area contributed by atoms with Gasteiger partial charge in [0.15, 0.2) is 0 Å². The summed E-state index contributed by atoms with van der Waals surface area (Å²) in [5, 5.41) is 38.0. The zero-order chi connectivity index (χ0) is 44.1. The van der Waals surface area contributed by atoms with Crippen molar-refractivity contribution in [1.29, 1.82) is 0 Å². The number of hydrogen-bond acceptors (Lipinski definition) is 11. The van der Waals surface area contributed by atoms with E-state index in [0.717, 1.165) is 38.5 Å². The molecule has 0 heterocycles. The van der Waals surface area contributed by atoms with Gasteiger partial charge in [-0.25, -0.2) is 4.79 Å². The van der Waals surface area contributed by atoms with Crippen molar-refractivity contribution in [2.75, 3.05) is 19.6 Å². The molecule has 4 atom stereocenters. The lowest BCUT2D eigenvalue weighted by atomic mass is 10.0. The van der Waals surface area contributed by atoms with Crippen molar-refractivity contribution in [3.05, 3.63) is 0 Å². The van der Waals surface area contributed by atoms with E-state index < -0.39 is 42.1 Å². The van der Waals surface area contributed by atoms with E-state index in [4.69, 9.17) is 21.7 Å². The Bertz CT molecular complexity index is 1200. The van der Waals surface area contributed by atoms with Gasteiger partial charge < -0.3 is 48.1 Å². The molecule has 0 aliphatic rings. The van der Waals surface area contributed by atoms with Crippen molar-refractivity contribution < 1.29 is 48.9 Å². The molecule has 17 nitrogen and oxygen atoms in total. The van der Waals surface area contributed by atoms with Crippen LogP contribution in [0, 0.1) is 0 Å². The molecule has 0 aliphatic carbocycles. The predicted molar refractivity (Wildman–Crippen MR) is 230 cm³/mol. The van der Waals surface area contributed by atoms with Gasteiger partial charge in [-0.1, -0.05) is 89.9 Å². The van der Waals surface area contributed by atoms with E-state index in [9.17, 15) is 38.7 Å². The van der Waals surface area contributed by atoms with Crippen molar-refractivity contribution in [3.8, 4) is 0 Å². The van der Waals surface area contributed by atoms with E-state index in [2.05, 4.69) is 38.8 Å². The van der Waals surface area contributed by atoms with Gasteiger partial charge in [0, 0.05) is 38.9 Å². The number of unbranched alkanes of at least 4 members (excludes halogenated alkanes) is 16. The first-order chi connectivity index (χ1) is 28.3. The Morgan fingerprint density at radius 3 is 1.22 bits per heavy atom. The van der Waals surface area contributed by atoms with E-state index in [1.807, 2.05) is 0 Å². The molecule has 0 rings (SSSR count). The van der Waals surface area contributed by atoms with Crippen molar-refractivity contribution in [3.63, 3.8) is 0 Å². The second-order valence-corrected chi connectivity index (χ2v) is 15.8. The largest absolute Gasteiger partial charge is 0.481 e. The van der Waals surface area contributed by atoms with Crippen LogP contribution in [0.1, 0.15) is 173 Å². The number of carbonyl (C=O) groups excluding carboxylic acids is 4. The fourth-order valence-electron chi connectivity index (χ4n) is 6.44. The summed E-state index contributed by atoms with van der Waals surface area (Å²) in [5.74, 6) is -4.08. The van der Waals surface area contributed by atoms with E-state index in [1.165, 1.54) is 44.9 Å². The average molecular weight is 860 g/mol. The van der Waals surface area contributed by atoms with Crippen molar-refractivity contribution in [2.24, 2.45) is 11.5 Å². The lowest BCUT2D eigenvalue weighted by molar-refractivity contribution is -0.142. The van der Waals surface area contributed by atoms with Gasteiger partial charge >= 0.3 is 17.9 Å². The number of aliphatic carboxylic acids is 3. The zero-order valence-corrected chi connectivity index (χ0v) is 36.2. The molecule has 0 aromatic carbocycles. The van der Waals surface area contributed by atoms with E-state index in [0.29, 0.717) is 83.8 Å². The van der Waals surface area contributed by atoms with Gasteiger partial charge in [-0.15, -0.1) is 0 Å². The topological polar surface area (TPSA) is 292 Å². The SMILES string of the molecule is N[C@@H](CCCCNC(=O)CCC(NC(=O)CCCCCCCCCCCCCCCCC(=O)O)C(=O)O)C(=O)NCCCC[C@H](N)C(=O)NCCCC[C@H](NS)C(=O)O. The number of rotatable bonds is 41. The Morgan fingerprint density at radius 1 is 0.424 bits per heavy atom. The smallest absolute Gasteiger partial charge is 0.326 e. The highest BCUT2D eigenvalue weighted by Crippen LogP contribution is 2.14. The Hall–Kier alpha value is -3.48. The average Bonchev–Trinajstić information content (AvgIpc) is 3.19. The maximum absolute atomic E-state index is 12.4. The van der Waals surface area contributed by atoms with Crippen LogP contribution in [0.3, 0.4) is 0 Å². The first-order valence-corrected chi connectivity index (χ1v) is 22.4. The number of hydrogen-bond donors (Lipinski definition) is 11. The standard InChI is InChI=1S/C41H77N7O10S/c42-31(38(53)45-29-19-16-22-32(43)39(54)46-30-20-17-23-34(48-59)41(57)58)21-15-18-28-44-35(49)27-26-33(40(55)56)47-36(50)24-13-11-9-7-5-3-1-2-4-6-8-10-12-14-25-37(51)52/h31-34,48,59H,1-30,42-43H2,(H,44,49)(H,45,53)(H,46,54)(H,47,50)(H,51,52)(H,55,56)(H,57,58)/t31-,32-,33?,34-/m0/s1. The van der Waals surface area contributed by atoms with Gasteiger partial charge in [-0.3, -0.25) is 33.5 Å². The molecule has 4 amide bonds. The summed E-state index contributed by atoms with van der Waals surface area (Å²) >= 11 is 3.79. The van der Waals surface area contributed by atoms with E-state index >= 15 is 0 Å². The third kappa shape index (κ3) is 34.0. The second kappa shape index (κ2) is 37.5. The molecule has 0 spiro atoms. The summed E-state index contributed by atoms with van der Waals surface area (Å²) in [7, 11) is 0. The molecule has 0 saturated heterocycles. The van der Waals surface area contributed by atoms with Crippen LogP contribution in [-0.2, 0) is 33.6 Å². The van der Waals surface area contributed by atoms with Gasteiger partial charge in [0.05, 0.1) is 12.1 Å². The summed E-state index contributed by atoms with van der Waals surface area (Å²) in [6.07, 6.45) is 20.4. The predicted octanol–water partition coefficient (Wildman–Crippen LogP) is 4.06. The Morgan fingerprint density at radius 2 is 0.814 bits per heavy atom. The number of carboxylic acids is 3. The third-order valence-corrected chi connectivity index (χ3v) is 10.5. The molecule has 0 radical (unpaired) electrons. The summed E-state index contributed by atoms with van der Waals surface area (Å²) in [4.78, 5) is 82.3.